The summed E-state index contributed by atoms with van der Waals surface area (Å²) in [6.07, 6.45) is -0.745. The van der Waals surface area contributed by atoms with Crippen LogP contribution >= 0.6 is 11.3 Å². The van der Waals surface area contributed by atoms with Crippen molar-refractivity contribution in [2.24, 2.45) is 0 Å². The van der Waals surface area contributed by atoms with E-state index in [0.29, 0.717) is 26.8 Å². The minimum atomic E-state index is -0.745. The Hall–Kier alpha value is -2.67. The van der Waals surface area contributed by atoms with E-state index in [1.807, 2.05) is 6.07 Å². The standard InChI is InChI=1S/C17H15FN2O3S/c1-10(23-14-6-4-3-5-13(14)22-2)16(21)20-17-19-12-8-7-11(18)9-15(12)24-17/h3-10H,1-2H3,(H,19,20,21)/t10-/m1/s1. The van der Waals surface area contributed by atoms with Crippen molar-refractivity contribution in [3.05, 3.63) is 48.3 Å². The third kappa shape index (κ3) is 3.46. The molecule has 124 valence electrons. The summed E-state index contributed by atoms with van der Waals surface area (Å²) < 4.78 is 24.7. The number of amides is 1. The van der Waals surface area contributed by atoms with Gasteiger partial charge in [0.05, 0.1) is 17.3 Å². The van der Waals surface area contributed by atoms with Crippen molar-refractivity contribution >= 4 is 32.6 Å². The fourth-order valence-electron chi connectivity index (χ4n) is 2.12. The van der Waals surface area contributed by atoms with Crippen LogP contribution in [0.5, 0.6) is 11.5 Å². The number of hydrogen-bond acceptors (Lipinski definition) is 5. The SMILES string of the molecule is COc1ccccc1O[C@H](C)C(=O)Nc1nc2ccc(F)cc2s1. The van der Waals surface area contributed by atoms with Crippen molar-refractivity contribution < 1.29 is 18.7 Å². The van der Waals surface area contributed by atoms with Crippen LogP contribution in [0.1, 0.15) is 6.92 Å². The summed E-state index contributed by atoms with van der Waals surface area (Å²) in [7, 11) is 1.53. The van der Waals surface area contributed by atoms with Crippen LogP contribution in [0.4, 0.5) is 9.52 Å². The van der Waals surface area contributed by atoms with E-state index in [0.717, 1.165) is 0 Å². The summed E-state index contributed by atoms with van der Waals surface area (Å²) in [5.74, 6) is 0.346. The minimum absolute atomic E-state index is 0.336. The maximum Gasteiger partial charge on any atom is 0.266 e. The van der Waals surface area contributed by atoms with E-state index >= 15 is 0 Å². The highest BCUT2D eigenvalue weighted by Crippen LogP contribution is 2.28. The normalized spacial score (nSPS) is 12.0. The lowest BCUT2D eigenvalue weighted by molar-refractivity contribution is -0.122. The second-order valence-electron chi connectivity index (χ2n) is 5.03. The molecule has 3 aromatic rings. The molecular weight excluding hydrogens is 331 g/mol. The summed E-state index contributed by atoms with van der Waals surface area (Å²) in [4.78, 5) is 16.5. The molecule has 2 aromatic carbocycles. The lowest BCUT2D eigenvalue weighted by Gasteiger charge is -2.15. The maximum absolute atomic E-state index is 13.2. The number of para-hydroxylation sites is 2. The van der Waals surface area contributed by atoms with Gasteiger partial charge in [0.2, 0.25) is 0 Å². The van der Waals surface area contributed by atoms with Gasteiger partial charge in [-0.3, -0.25) is 10.1 Å². The van der Waals surface area contributed by atoms with Crippen LogP contribution in [0.15, 0.2) is 42.5 Å². The lowest BCUT2D eigenvalue weighted by Crippen LogP contribution is -2.30. The number of nitrogens with one attached hydrogen (secondary N) is 1. The zero-order valence-electron chi connectivity index (χ0n) is 13.1. The van der Waals surface area contributed by atoms with E-state index < -0.39 is 6.10 Å². The van der Waals surface area contributed by atoms with Crippen molar-refractivity contribution in [1.29, 1.82) is 0 Å². The molecule has 0 radical (unpaired) electrons. The number of carbonyl (C=O) groups is 1. The monoisotopic (exact) mass is 346 g/mol. The van der Waals surface area contributed by atoms with Crippen LogP contribution in [0, 0.1) is 5.82 Å². The molecule has 1 aromatic heterocycles. The number of benzene rings is 2. The van der Waals surface area contributed by atoms with Crippen LogP contribution in [0.2, 0.25) is 0 Å². The Bertz CT molecular complexity index is 881. The molecule has 1 atom stereocenters. The maximum atomic E-state index is 13.2. The number of aromatic nitrogens is 1. The molecule has 0 fully saturated rings. The highest BCUT2D eigenvalue weighted by molar-refractivity contribution is 7.22. The van der Waals surface area contributed by atoms with Gasteiger partial charge < -0.3 is 9.47 Å². The first kappa shape index (κ1) is 16.2. The Balaban J connectivity index is 1.71. The molecule has 24 heavy (non-hydrogen) atoms. The molecule has 0 spiro atoms. The molecule has 0 aliphatic carbocycles. The Morgan fingerprint density at radius 3 is 2.75 bits per heavy atom. The zero-order chi connectivity index (χ0) is 17.1. The van der Waals surface area contributed by atoms with Crippen molar-refractivity contribution in [2.45, 2.75) is 13.0 Å². The average molecular weight is 346 g/mol. The molecule has 1 N–H and O–H groups in total. The van der Waals surface area contributed by atoms with Gasteiger partial charge in [-0.05, 0) is 37.3 Å². The molecule has 0 saturated heterocycles. The summed E-state index contributed by atoms with van der Waals surface area (Å²) in [6, 6.07) is 11.4. The predicted octanol–water partition coefficient (Wildman–Crippen LogP) is 3.85. The molecule has 0 bridgehead atoms. The minimum Gasteiger partial charge on any atom is -0.493 e. The molecule has 0 aliphatic rings. The molecular formula is C17H15FN2O3S. The topological polar surface area (TPSA) is 60.5 Å². The van der Waals surface area contributed by atoms with E-state index in [2.05, 4.69) is 10.3 Å². The van der Waals surface area contributed by atoms with Crippen LogP contribution < -0.4 is 14.8 Å². The number of nitrogens with zero attached hydrogens (tertiary/aromatic N) is 1. The molecule has 3 rings (SSSR count). The van der Waals surface area contributed by atoms with E-state index in [1.54, 1.807) is 31.2 Å². The number of fused-ring (bicyclic) bond motifs is 1. The summed E-state index contributed by atoms with van der Waals surface area (Å²) in [5, 5.41) is 3.09. The fourth-order valence-corrected chi connectivity index (χ4v) is 3.01. The molecule has 0 aliphatic heterocycles. The second kappa shape index (κ2) is 6.84. The summed E-state index contributed by atoms with van der Waals surface area (Å²) in [5.41, 5.74) is 0.634. The Kier molecular flexibility index (Phi) is 4.61. The second-order valence-corrected chi connectivity index (χ2v) is 6.06. The number of carbonyl (C=O) groups excluding carboxylic acids is 1. The Morgan fingerprint density at radius 2 is 2.00 bits per heavy atom. The van der Waals surface area contributed by atoms with E-state index in [9.17, 15) is 9.18 Å². The highest BCUT2D eigenvalue weighted by atomic mass is 32.1. The first-order valence-electron chi connectivity index (χ1n) is 7.23. The lowest BCUT2D eigenvalue weighted by atomic mass is 10.3. The molecule has 1 amide bonds. The first-order valence-corrected chi connectivity index (χ1v) is 8.05. The Labute approximate surface area is 142 Å². The zero-order valence-corrected chi connectivity index (χ0v) is 13.9. The smallest absolute Gasteiger partial charge is 0.266 e. The molecule has 0 unspecified atom stereocenters. The van der Waals surface area contributed by atoms with Crippen molar-refractivity contribution in [2.75, 3.05) is 12.4 Å². The van der Waals surface area contributed by atoms with Gasteiger partial charge in [0.15, 0.2) is 22.7 Å². The van der Waals surface area contributed by atoms with Gasteiger partial charge in [-0.25, -0.2) is 9.37 Å². The van der Waals surface area contributed by atoms with Gasteiger partial charge in [-0.15, -0.1) is 0 Å². The number of anilines is 1. The number of hydrogen-bond donors (Lipinski definition) is 1. The van der Waals surface area contributed by atoms with Gasteiger partial charge >= 0.3 is 0 Å². The highest BCUT2D eigenvalue weighted by Gasteiger charge is 2.18. The van der Waals surface area contributed by atoms with Crippen LogP contribution in [0.3, 0.4) is 0 Å². The van der Waals surface area contributed by atoms with Gasteiger partial charge in [-0.1, -0.05) is 23.5 Å². The number of ether oxygens (including phenoxy) is 2. The molecule has 7 heteroatoms. The van der Waals surface area contributed by atoms with Crippen molar-refractivity contribution in [3.8, 4) is 11.5 Å². The van der Waals surface area contributed by atoms with Crippen LogP contribution in [-0.2, 0) is 4.79 Å². The molecule has 1 heterocycles. The molecule has 0 saturated carbocycles. The quantitative estimate of drug-likeness (QED) is 0.762. The largest absolute Gasteiger partial charge is 0.493 e. The van der Waals surface area contributed by atoms with Crippen LogP contribution in [-0.4, -0.2) is 24.1 Å². The van der Waals surface area contributed by atoms with Crippen molar-refractivity contribution in [3.63, 3.8) is 0 Å². The third-order valence-electron chi connectivity index (χ3n) is 3.32. The van der Waals surface area contributed by atoms with Gasteiger partial charge in [-0.2, -0.15) is 0 Å². The molecule has 5 nitrogen and oxygen atoms in total. The van der Waals surface area contributed by atoms with E-state index in [4.69, 9.17) is 9.47 Å². The Morgan fingerprint density at radius 1 is 1.25 bits per heavy atom. The average Bonchev–Trinajstić information content (AvgIpc) is 2.96. The number of thiazole rings is 1. The van der Waals surface area contributed by atoms with Crippen LogP contribution in [0.25, 0.3) is 10.2 Å². The number of halogens is 1. The summed E-state index contributed by atoms with van der Waals surface area (Å²) >= 11 is 1.21. The van der Waals surface area contributed by atoms with Crippen molar-refractivity contribution in [1.82, 2.24) is 4.98 Å². The summed E-state index contributed by atoms with van der Waals surface area (Å²) in [6.45, 7) is 1.63. The third-order valence-corrected chi connectivity index (χ3v) is 4.26. The van der Waals surface area contributed by atoms with E-state index in [1.165, 1.54) is 30.6 Å². The van der Waals surface area contributed by atoms with Gasteiger partial charge in [0, 0.05) is 0 Å². The van der Waals surface area contributed by atoms with Gasteiger partial charge in [0.25, 0.3) is 5.91 Å². The fraction of sp³-hybridized carbons (Fsp3) is 0.176. The van der Waals surface area contributed by atoms with Gasteiger partial charge in [0.1, 0.15) is 5.82 Å². The van der Waals surface area contributed by atoms with E-state index in [-0.39, 0.29) is 11.7 Å². The predicted molar refractivity (Wildman–Crippen MR) is 91.3 cm³/mol. The number of methoxy groups -OCH3 is 1. The number of rotatable bonds is 5. The first-order chi connectivity index (χ1) is 11.6.